The second kappa shape index (κ2) is 55.3. The third kappa shape index (κ3) is 53.6. The van der Waals surface area contributed by atoms with Crippen molar-refractivity contribution in [3.8, 4) is 0 Å². The van der Waals surface area contributed by atoms with E-state index in [1.165, 1.54) is 244 Å². The van der Waals surface area contributed by atoms with Crippen molar-refractivity contribution in [2.75, 3.05) is 13.2 Å². The zero-order chi connectivity index (χ0) is 48.8. The van der Waals surface area contributed by atoms with Crippen LogP contribution in [-0.4, -0.2) is 37.2 Å². The molecule has 0 aromatic rings. The lowest BCUT2D eigenvalue weighted by atomic mass is 9.99. The number of esters is 3. The van der Waals surface area contributed by atoms with Crippen molar-refractivity contribution in [3.05, 3.63) is 0 Å². The zero-order valence-electron chi connectivity index (χ0n) is 45.9. The molecule has 0 bridgehead atoms. The molecule has 0 aliphatic rings. The van der Waals surface area contributed by atoms with E-state index in [2.05, 4.69) is 27.7 Å². The van der Waals surface area contributed by atoms with Gasteiger partial charge >= 0.3 is 17.9 Å². The fourth-order valence-electron chi connectivity index (χ4n) is 9.42. The third-order valence-corrected chi connectivity index (χ3v) is 14.4. The summed E-state index contributed by atoms with van der Waals surface area (Å²) in [5.41, 5.74) is 0. The van der Waals surface area contributed by atoms with Gasteiger partial charge < -0.3 is 14.2 Å². The van der Waals surface area contributed by atoms with Crippen LogP contribution in [0.5, 0.6) is 0 Å². The number of carbonyl (C=O) groups excluding carboxylic acids is 3. The Hall–Kier alpha value is -1.59. The Labute approximate surface area is 418 Å². The summed E-state index contributed by atoms with van der Waals surface area (Å²) in [6.07, 6.45) is 61.0. The van der Waals surface area contributed by atoms with E-state index in [1.807, 2.05) is 0 Å². The predicted molar refractivity (Wildman–Crippen MR) is 289 cm³/mol. The number of ether oxygens (including phenoxy) is 3. The van der Waals surface area contributed by atoms with E-state index in [9.17, 15) is 14.4 Å². The minimum absolute atomic E-state index is 0.0617. The summed E-state index contributed by atoms with van der Waals surface area (Å²) in [5, 5.41) is 0. The van der Waals surface area contributed by atoms with Crippen molar-refractivity contribution in [2.45, 2.75) is 355 Å². The van der Waals surface area contributed by atoms with Gasteiger partial charge in [0.2, 0.25) is 0 Å². The first-order chi connectivity index (χ1) is 32.9. The normalized spacial score (nSPS) is 12.4. The smallest absolute Gasteiger partial charge is 0.306 e. The summed E-state index contributed by atoms with van der Waals surface area (Å²) >= 11 is 0. The molecule has 2 atom stereocenters. The Bertz CT molecular complexity index is 1010. The minimum atomic E-state index is -0.761. The molecule has 0 aliphatic heterocycles. The van der Waals surface area contributed by atoms with Gasteiger partial charge in [-0.3, -0.25) is 14.4 Å². The molecule has 0 aromatic carbocycles. The van der Waals surface area contributed by atoms with E-state index < -0.39 is 6.10 Å². The summed E-state index contributed by atoms with van der Waals surface area (Å²) in [6.45, 7) is 9.10. The number of hydrogen-bond donors (Lipinski definition) is 0. The highest BCUT2D eigenvalue weighted by Crippen LogP contribution is 2.19. The van der Waals surface area contributed by atoms with Gasteiger partial charge in [0.25, 0.3) is 0 Å². The molecular formula is C61H118O6. The molecule has 398 valence electrons. The van der Waals surface area contributed by atoms with Gasteiger partial charge in [-0.15, -0.1) is 0 Å². The summed E-state index contributed by atoms with van der Waals surface area (Å²) in [4.78, 5) is 38.1. The summed E-state index contributed by atoms with van der Waals surface area (Å²) in [7, 11) is 0. The summed E-state index contributed by atoms with van der Waals surface area (Å²) < 4.78 is 16.9. The van der Waals surface area contributed by atoms with Crippen LogP contribution in [0.3, 0.4) is 0 Å². The molecule has 1 unspecified atom stereocenters. The maximum atomic E-state index is 12.9. The average molecular weight is 948 g/mol. The molecule has 0 N–H and O–H groups in total. The van der Waals surface area contributed by atoms with Crippen molar-refractivity contribution in [1.29, 1.82) is 0 Å². The largest absolute Gasteiger partial charge is 0.462 e. The Morgan fingerprint density at radius 2 is 0.522 bits per heavy atom. The second-order valence-electron chi connectivity index (χ2n) is 21.2. The fourth-order valence-corrected chi connectivity index (χ4v) is 9.42. The first kappa shape index (κ1) is 65.4. The van der Waals surface area contributed by atoms with E-state index >= 15 is 0 Å². The van der Waals surface area contributed by atoms with E-state index in [4.69, 9.17) is 14.2 Å². The van der Waals surface area contributed by atoms with Crippen LogP contribution in [0.4, 0.5) is 0 Å². The molecule has 0 saturated carbocycles. The monoisotopic (exact) mass is 947 g/mol. The van der Waals surface area contributed by atoms with E-state index in [1.54, 1.807) is 0 Å². The van der Waals surface area contributed by atoms with Gasteiger partial charge in [-0.05, 0) is 25.2 Å². The summed E-state index contributed by atoms with van der Waals surface area (Å²) in [5.74, 6) is 0.0733. The predicted octanol–water partition coefficient (Wildman–Crippen LogP) is 20.2. The van der Waals surface area contributed by atoms with Gasteiger partial charge in [-0.1, -0.05) is 310 Å². The van der Waals surface area contributed by atoms with Crippen molar-refractivity contribution < 1.29 is 28.6 Å². The highest BCUT2D eigenvalue weighted by atomic mass is 16.6. The standard InChI is InChI=1S/C61H118O6/c1-5-8-10-12-14-16-17-18-19-20-24-27-30-33-37-41-45-49-53-60(63)66-56-58(55-65-59(62)52-48-44-40-35-15-13-11-9-6-2)67-61(64)54-50-46-42-38-34-31-28-25-22-21-23-26-29-32-36-39-43-47-51-57(4)7-3/h57-58H,5-56H2,1-4H3/t57?,58-/m0/s1. The van der Waals surface area contributed by atoms with Crippen LogP contribution in [0.1, 0.15) is 349 Å². The van der Waals surface area contributed by atoms with Gasteiger partial charge in [0.15, 0.2) is 6.10 Å². The number of unbranched alkanes of at least 4 members (excludes halogenated alkanes) is 42. The van der Waals surface area contributed by atoms with Gasteiger partial charge in [-0.25, -0.2) is 0 Å². The number of hydrogen-bond acceptors (Lipinski definition) is 6. The van der Waals surface area contributed by atoms with Gasteiger partial charge in [0, 0.05) is 19.3 Å². The molecule has 0 aromatic heterocycles. The molecule has 67 heavy (non-hydrogen) atoms. The highest BCUT2D eigenvalue weighted by molar-refractivity contribution is 5.71. The van der Waals surface area contributed by atoms with Crippen molar-refractivity contribution in [3.63, 3.8) is 0 Å². The van der Waals surface area contributed by atoms with Crippen LogP contribution in [0.15, 0.2) is 0 Å². The maximum Gasteiger partial charge on any atom is 0.306 e. The van der Waals surface area contributed by atoms with Gasteiger partial charge in [0.05, 0.1) is 0 Å². The summed E-state index contributed by atoms with van der Waals surface area (Å²) in [6, 6.07) is 0. The zero-order valence-corrected chi connectivity index (χ0v) is 45.9. The quantitative estimate of drug-likeness (QED) is 0.0343. The lowest BCUT2D eigenvalue weighted by molar-refractivity contribution is -0.167. The molecule has 0 spiro atoms. The van der Waals surface area contributed by atoms with Crippen molar-refractivity contribution in [1.82, 2.24) is 0 Å². The molecule has 6 heteroatoms. The molecule has 0 radical (unpaired) electrons. The minimum Gasteiger partial charge on any atom is -0.462 e. The van der Waals surface area contributed by atoms with Gasteiger partial charge in [-0.2, -0.15) is 0 Å². The van der Waals surface area contributed by atoms with Crippen molar-refractivity contribution in [2.24, 2.45) is 5.92 Å². The fraction of sp³-hybridized carbons (Fsp3) is 0.951. The highest BCUT2D eigenvalue weighted by Gasteiger charge is 2.19. The molecule has 0 rings (SSSR count). The first-order valence-electron chi connectivity index (χ1n) is 30.4. The lowest BCUT2D eigenvalue weighted by Gasteiger charge is -2.18. The number of rotatable bonds is 56. The van der Waals surface area contributed by atoms with E-state index in [0.29, 0.717) is 19.3 Å². The van der Waals surface area contributed by atoms with Crippen LogP contribution < -0.4 is 0 Å². The van der Waals surface area contributed by atoms with Crippen LogP contribution in [-0.2, 0) is 28.6 Å². The Morgan fingerprint density at radius 3 is 0.776 bits per heavy atom. The van der Waals surface area contributed by atoms with Crippen molar-refractivity contribution >= 4 is 17.9 Å². The number of carbonyl (C=O) groups is 3. The second-order valence-corrected chi connectivity index (χ2v) is 21.2. The molecule has 0 amide bonds. The van der Waals surface area contributed by atoms with Crippen LogP contribution in [0, 0.1) is 5.92 Å². The lowest BCUT2D eigenvalue weighted by Crippen LogP contribution is -2.30. The topological polar surface area (TPSA) is 78.9 Å². The molecular weight excluding hydrogens is 829 g/mol. The molecule has 6 nitrogen and oxygen atoms in total. The molecule has 0 aliphatic carbocycles. The molecule has 0 heterocycles. The Balaban J connectivity index is 4.17. The van der Waals surface area contributed by atoms with E-state index in [-0.39, 0.29) is 31.1 Å². The maximum absolute atomic E-state index is 12.9. The molecule has 0 fully saturated rings. The Morgan fingerprint density at radius 1 is 0.299 bits per heavy atom. The van der Waals surface area contributed by atoms with E-state index in [0.717, 1.165) is 63.7 Å². The van der Waals surface area contributed by atoms with Crippen LogP contribution >= 0.6 is 0 Å². The van der Waals surface area contributed by atoms with Crippen LogP contribution in [0.2, 0.25) is 0 Å². The van der Waals surface area contributed by atoms with Gasteiger partial charge in [0.1, 0.15) is 13.2 Å². The average Bonchev–Trinajstić information content (AvgIpc) is 3.33. The first-order valence-corrected chi connectivity index (χ1v) is 30.4. The van der Waals surface area contributed by atoms with Crippen LogP contribution in [0.25, 0.3) is 0 Å². The third-order valence-electron chi connectivity index (χ3n) is 14.4. The SMILES string of the molecule is CCCCCCCCCCCCCCCCCCCCC(=O)OC[C@H](COC(=O)CCCCCCCCCCC)OC(=O)CCCCCCCCCCCCCCCCCCCCC(C)CC. The Kier molecular flexibility index (Phi) is 54.0. The molecule has 0 saturated heterocycles.